The third kappa shape index (κ3) is 5.68. The maximum atomic E-state index is 5.56. The van der Waals surface area contributed by atoms with E-state index in [0.717, 1.165) is 32.7 Å². The molecule has 120 valence electrons. The highest BCUT2D eigenvalue weighted by atomic mass is 16.5. The minimum absolute atomic E-state index is 0.230. The second-order valence-electron chi connectivity index (χ2n) is 7.52. The average molecular weight is 286 g/mol. The predicted molar refractivity (Wildman–Crippen MR) is 84.2 cm³/mol. The first kappa shape index (κ1) is 17.9. The molecule has 1 rings (SSSR count). The lowest BCUT2D eigenvalue weighted by atomic mass is 9.83. The van der Waals surface area contributed by atoms with E-state index in [0.29, 0.717) is 24.7 Å². The fourth-order valence-electron chi connectivity index (χ4n) is 2.59. The van der Waals surface area contributed by atoms with Crippen molar-refractivity contribution in [2.45, 2.75) is 52.6 Å². The van der Waals surface area contributed by atoms with Gasteiger partial charge < -0.3 is 14.8 Å². The molecule has 0 radical (unpaired) electrons. The molecule has 0 amide bonds. The van der Waals surface area contributed by atoms with E-state index in [1.807, 2.05) is 0 Å². The minimum atomic E-state index is 0.230. The fraction of sp³-hybridized carbons (Fsp3) is 1.00. The lowest BCUT2D eigenvalue weighted by molar-refractivity contribution is 0.0215. The van der Waals surface area contributed by atoms with Gasteiger partial charge >= 0.3 is 0 Å². The van der Waals surface area contributed by atoms with E-state index >= 15 is 0 Å². The summed E-state index contributed by atoms with van der Waals surface area (Å²) in [7, 11) is 1.71. The molecule has 20 heavy (non-hydrogen) atoms. The Labute approximate surface area is 125 Å². The first-order valence-corrected chi connectivity index (χ1v) is 7.82. The van der Waals surface area contributed by atoms with Crippen molar-refractivity contribution in [3.63, 3.8) is 0 Å². The second kappa shape index (κ2) is 7.74. The lowest BCUT2D eigenvalue weighted by Crippen LogP contribution is -2.64. The third-order valence-electron chi connectivity index (χ3n) is 4.23. The Morgan fingerprint density at radius 1 is 1.20 bits per heavy atom. The number of methoxy groups -OCH3 is 1. The van der Waals surface area contributed by atoms with E-state index in [4.69, 9.17) is 9.47 Å². The van der Waals surface area contributed by atoms with Gasteiger partial charge in [-0.3, -0.25) is 4.90 Å². The van der Waals surface area contributed by atoms with Gasteiger partial charge in [-0.2, -0.15) is 0 Å². The van der Waals surface area contributed by atoms with Crippen LogP contribution < -0.4 is 5.32 Å². The summed E-state index contributed by atoms with van der Waals surface area (Å²) in [4.78, 5) is 2.61. The second-order valence-corrected chi connectivity index (χ2v) is 7.52. The van der Waals surface area contributed by atoms with Gasteiger partial charge in [-0.25, -0.2) is 0 Å². The zero-order valence-electron chi connectivity index (χ0n) is 14.3. The van der Waals surface area contributed by atoms with Gasteiger partial charge in [0.05, 0.1) is 13.2 Å². The van der Waals surface area contributed by atoms with Crippen molar-refractivity contribution >= 4 is 0 Å². The van der Waals surface area contributed by atoms with Crippen LogP contribution in [0.4, 0.5) is 0 Å². The van der Waals surface area contributed by atoms with E-state index < -0.39 is 0 Å². The molecule has 1 unspecified atom stereocenters. The van der Waals surface area contributed by atoms with Crippen molar-refractivity contribution < 1.29 is 9.47 Å². The summed E-state index contributed by atoms with van der Waals surface area (Å²) >= 11 is 0. The molecule has 1 saturated heterocycles. The zero-order chi connectivity index (χ0) is 15.2. The summed E-state index contributed by atoms with van der Waals surface area (Å²) in [5.74, 6) is 0. The monoisotopic (exact) mass is 286 g/mol. The third-order valence-corrected chi connectivity index (χ3v) is 4.23. The molecule has 0 aromatic carbocycles. The molecule has 1 fully saturated rings. The van der Waals surface area contributed by atoms with Crippen molar-refractivity contribution in [3.05, 3.63) is 0 Å². The molecule has 4 nitrogen and oxygen atoms in total. The summed E-state index contributed by atoms with van der Waals surface area (Å²) in [6.07, 6.45) is 1.09. The standard InChI is InChI=1S/C16H34N2O2/c1-15(2,3)14-12-18(16(4,5)13-17-14)8-7-9-20-11-10-19-6/h14,17H,7-13H2,1-6H3. The molecule has 1 N–H and O–H groups in total. The largest absolute Gasteiger partial charge is 0.382 e. The van der Waals surface area contributed by atoms with Crippen molar-refractivity contribution in [1.29, 1.82) is 0 Å². The minimum Gasteiger partial charge on any atom is -0.382 e. The smallest absolute Gasteiger partial charge is 0.0700 e. The molecule has 4 heteroatoms. The van der Waals surface area contributed by atoms with Crippen LogP contribution >= 0.6 is 0 Å². The van der Waals surface area contributed by atoms with Crippen LogP contribution in [-0.4, -0.2) is 63.0 Å². The normalized spacial score (nSPS) is 24.0. The van der Waals surface area contributed by atoms with Crippen molar-refractivity contribution in [1.82, 2.24) is 10.2 Å². The first-order chi connectivity index (χ1) is 9.27. The molecule has 0 bridgehead atoms. The summed E-state index contributed by atoms with van der Waals surface area (Å²) in [5, 5.41) is 3.71. The van der Waals surface area contributed by atoms with Crippen molar-refractivity contribution in [2.24, 2.45) is 5.41 Å². The topological polar surface area (TPSA) is 33.7 Å². The van der Waals surface area contributed by atoms with Crippen LogP contribution in [0.1, 0.15) is 41.0 Å². The van der Waals surface area contributed by atoms with Crippen molar-refractivity contribution in [2.75, 3.05) is 46.6 Å². The molecule has 1 aliphatic heterocycles. The molecule has 0 spiro atoms. The molecule has 0 aromatic rings. The van der Waals surface area contributed by atoms with Crippen LogP contribution in [0.15, 0.2) is 0 Å². The van der Waals surface area contributed by atoms with Gasteiger partial charge in [-0.1, -0.05) is 20.8 Å². The van der Waals surface area contributed by atoms with Crippen LogP contribution in [0.5, 0.6) is 0 Å². The Balaban J connectivity index is 2.36. The Morgan fingerprint density at radius 3 is 2.50 bits per heavy atom. The highest BCUT2D eigenvalue weighted by Gasteiger charge is 2.37. The van der Waals surface area contributed by atoms with Crippen LogP contribution in [-0.2, 0) is 9.47 Å². The number of hydrogen-bond donors (Lipinski definition) is 1. The van der Waals surface area contributed by atoms with Crippen LogP contribution in [0.2, 0.25) is 0 Å². The predicted octanol–water partition coefficient (Wildman–Crippen LogP) is 2.14. The van der Waals surface area contributed by atoms with Crippen LogP contribution in [0.3, 0.4) is 0 Å². The Bertz CT molecular complexity index is 274. The number of ether oxygens (including phenoxy) is 2. The van der Waals surface area contributed by atoms with Crippen LogP contribution in [0, 0.1) is 5.41 Å². The molecule has 0 saturated carbocycles. The SMILES string of the molecule is COCCOCCCN1CC(C(C)(C)C)NCC1(C)C. The van der Waals surface area contributed by atoms with Crippen molar-refractivity contribution in [3.8, 4) is 0 Å². The first-order valence-electron chi connectivity index (χ1n) is 7.82. The summed E-state index contributed by atoms with van der Waals surface area (Å²) in [5.41, 5.74) is 0.540. The number of rotatable bonds is 7. The van der Waals surface area contributed by atoms with Gasteiger partial charge in [-0.05, 0) is 25.7 Å². The molecule has 1 atom stereocenters. The molecule has 1 aliphatic rings. The number of hydrogen-bond acceptors (Lipinski definition) is 4. The molecular weight excluding hydrogens is 252 g/mol. The highest BCUT2D eigenvalue weighted by molar-refractivity contribution is 4.96. The van der Waals surface area contributed by atoms with Gasteiger partial charge in [0.1, 0.15) is 0 Å². The van der Waals surface area contributed by atoms with E-state index in [1.54, 1.807) is 7.11 Å². The van der Waals surface area contributed by atoms with E-state index in [9.17, 15) is 0 Å². The number of piperazine rings is 1. The van der Waals surface area contributed by atoms with E-state index in [-0.39, 0.29) is 5.54 Å². The Morgan fingerprint density at radius 2 is 1.90 bits per heavy atom. The zero-order valence-corrected chi connectivity index (χ0v) is 14.3. The fourth-order valence-corrected chi connectivity index (χ4v) is 2.59. The van der Waals surface area contributed by atoms with Gasteiger partial charge in [0.15, 0.2) is 0 Å². The van der Waals surface area contributed by atoms with Crippen LogP contribution in [0.25, 0.3) is 0 Å². The van der Waals surface area contributed by atoms with Gasteiger partial charge in [0.25, 0.3) is 0 Å². The quantitative estimate of drug-likeness (QED) is 0.727. The maximum absolute atomic E-state index is 5.56. The summed E-state index contributed by atoms with van der Waals surface area (Å²) in [6, 6.07) is 0.560. The lowest BCUT2D eigenvalue weighted by Gasteiger charge is -2.49. The Hall–Kier alpha value is -0.160. The number of nitrogens with zero attached hydrogens (tertiary/aromatic N) is 1. The number of nitrogens with one attached hydrogen (secondary N) is 1. The Kier molecular flexibility index (Phi) is 6.92. The van der Waals surface area contributed by atoms with Gasteiger partial charge in [-0.15, -0.1) is 0 Å². The summed E-state index contributed by atoms with van der Waals surface area (Å²) in [6.45, 7) is 17.1. The molecule has 1 heterocycles. The van der Waals surface area contributed by atoms with E-state index in [2.05, 4.69) is 44.8 Å². The molecule has 0 aromatic heterocycles. The van der Waals surface area contributed by atoms with E-state index in [1.165, 1.54) is 0 Å². The maximum Gasteiger partial charge on any atom is 0.0700 e. The summed E-state index contributed by atoms with van der Waals surface area (Å²) < 4.78 is 10.5. The average Bonchev–Trinajstić information content (AvgIpc) is 2.33. The van der Waals surface area contributed by atoms with Gasteiger partial charge in [0, 0.05) is 44.9 Å². The highest BCUT2D eigenvalue weighted by Crippen LogP contribution is 2.27. The van der Waals surface area contributed by atoms with Gasteiger partial charge in [0.2, 0.25) is 0 Å². The molecular formula is C16H34N2O2. The molecule has 0 aliphatic carbocycles.